The van der Waals surface area contributed by atoms with Crippen molar-refractivity contribution in [2.45, 2.75) is 25.7 Å². The number of amides is 2. The molecule has 1 aromatic heterocycles. The van der Waals surface area contributed by atoms with Crippen LogP contribution in [0.15, 0.2) is 54.1 Å². The van der Waals surface area contributed by atoms with Crippen molar-refractivity contribution in [2.75, 3.05) is 17.2 Å². The summed E-state index contributed by atoms with van der Waals surface area (Å²) < 4.78 is 5.58. The van der Waals surface area contributed by atoms with E-state index in [1.54, 1.807) is 30.3 Å². The molecule has 1 heterocycles. The zero-order valence-corrected chi connectivity index (χ0v) is 20.8. The van der Waals surface area contributed by atoms with E-state index in [1.807, 2.05) is 6.07 Å². The van der Waals surface area contributed by atoms with E-state index in [0.29, 0.717) is 16.3 Å². The molecular weight excluding hydrogens is 506 g/mol. The molecule has 190 valence electrons. The number of thiophene rings is 1. The molecule has 3 aromatic rings. The van der Waals surface area contributed by atoms with Gasteiger partial charge in [-0.1, -0.05) is 18.2 Å². The van der Waals surface area contributed by atoms with Crippen LogP contribution in [0.1, 0.15) is 34.4 Å². The fourth-order valence-electron chi connectivity index (χ4n) is 4.00. The van der Waals surface area contributed by atoms with E-state index in [0.717, 1.165) is 48.3 Å². The Morgan fingerprint density at radius 2 is 1.87 bits per heavy atom. The Morgan fingerprint density at radius 3 is 2.58 bits per heavy atom. The van der Waals surface area contributed by atoms with E-state index < -0.39 is 23.3 Å². The van der Waals surface area contributed by atoms with E-state index in [9.17, 15) is 30.2 Å². The second kappa shape index (κ2) is 11.8. The summed E-state index contributed by atoms with van der Waals surface area (Å²) in [6.07, 6.45) is 4.73. The summed E-state index contributed by atoms with van der Waals surface area (Å²) in [4.78, 5) is 37.1. The number of nitro groups is 1. The smallest absolute Gasteiger partial charge is 0.270 e. The van der Waals surface area contributed by atoms with Crippen molar-refractivity contribution in [1.82, 2.24) is 0 Å². The van der Waals surface area contributed by atoms with E-state index in [2.05, 4.69) is 16.7 Å². The number of nitrogens with one attached hydrogen (secondary N) is 2. The van der Waals surface area contributed by atoms with Gasteiger partial charge in [-0.2, -0.15) is 10.5 Å². The molecule has 2 aromatic carbocycles. The molecule has 0 saturated carbocycles. The SMILES string of the molecule is N#CC(=Cc1cc([N+](=O)[O-])ccc1OCC(=O)Nc1ccccc1)C(=O)Nc1sc2c(c1C#N)CCCC2. The first kappa shape index (κ1) is 26.1. The van der Waals surface area contributed by atoms with Crippen LogP contribution in [0.4, 0.5) is 16.4 Å². The largest absolute Gasteiger partial charge is 0.483 e. The Labute approximate surface area is 221 Å². The third-order valence-corrected chi connectivity index (χ3v) is 7.00. The van der Waals surface area contributed by atoms with Gasteiger partial charge in [0.1, 0.15) is 28.5 Å². The Hall–Kier alpha value is -5.00. The number of ether oxygens (including phenoxy) is 1. The second-order valence-electron chi connectivity index (χ2n) is 8.33. The molecule has 0 bridgehead atoms. The van der Waals surface area contributed by atoms with Crippen LogP contribution in [-0.4, -0.2) is 23.3 Å². The van der Waals surface area contributed by atoms with Crippen LogP contribution in [0.3, 0.4) is 0 Å². The van der Waals surface area contributed by atoms with E-state index in [1.165, 1.54) is 23.5 Å². The number of para-hydroxylation sites is 1. The lowest BCUT2D eigenvalue weighted by Crippen LogP contribution is -2.20. The first-order valence-corrected chi connectivity index (χ1v) is 12.4. The topological polar surface area (TPSA) is 158 Å². The maximum absolute atomic E-state index is 13.0. The Kier molecular flexibility index (Phi) is 8.11. The van der Waals surface area contributed by atoms with Crippen LogP contribution in [0, 0.1) is 32.8 Å². The Bertz CT molecular complexity index is 1520. The third-order valence-electron chi connectivity index (χ3n) is 5.80. The monoisotopic (exact) mass is 527 g/mol. The average molecular weight is 528 g/mol. The summed E-state index contributed by atoms with van der Waals surface area (Å²) >= 11 is 1.32. The van der Waals surface area contributed by atoms with Crippen LogP contribution in [0.5, 0.6) is 5.75 Å². The number of nitriles is 2. The van der Waals surface area contributed by atoms with E-state index in [-0.39, 0.29) is 22.6 Å². The predicted molar refractivity (Wildman–Crippen MR) is 142 cm³/mol. The molecule has 1 aliphatic carbocycles. The minimum Gasteiger partial charge on any atom is -0.483 e. The molecule has 0 fully saturated rings. The number of anilines is 2. The summed E-state index contributed by atoms with van der Waals surface area (Å²) in [5.74, 6) is -1.15. The maximum atomic E-state index is 13.0. The summed E-state index contributed by atoms with van der Waals surface area (Å²) in [7, 11) is 0. The molecule has 0 radical (unpaired) electrons. The van der Waals surface area contributed by atoms with Crippen molar-refractivity contribution in [2.24, 2.45) is 0 Å². The highest BCUT2D eigenvalue weighted by atomic mass is 32.1. The molecule has 2 amide bonds. The molecular formula is C27H21N5O5S. The van der Waals surface area contributed by atoms with Crippen LogP contribution in [-0.2, 0) is 22.4 Å². The van der Waals surface area contributed by atoms with Crippen LogP contribution < -0.4 is 15.4 Å². The quantitative estimate of drug-likeness (QED) is 0.181. The van der Waals surface area contributed by atoms with Crippen molar-refractivity contribution < 1.29 is 19.2 Å². The number of nitro benzene ring substituents is 1. The van der Waals surface area contributed by atoms with Crippen molar-refractivity contribution >= 4 is 45.6 Å². The first-order valence-electron chi connectivity index (χ1n) is 11.6. The molecule has 2 N–H and O–H groups in total. The lowest BCUT2D eigenvalue weighted by Gasteiger charge is -2.10. The number of benzene rings is 2. The predicted octanol–water partition coefficient (Wildman–Crippen LogP) is 4.97. The number of hydrogen-bond donors (Lipinski definition) is 2. The highest BCUT2D eigenvalue weighted by Crippen LogP contribution is 2.38. The highest BCUT2D eigenvalue weighted by molar-refractivity contribution is 7.16. The van der Waals surface area contributed by atoms with Gasteiger partial charge in [-0.3, -0.25) is 19.7 Å². The molecule has 0 atom stereocenters. The van der Waals surface area contributed by atoms with Gasteiger partial charge in [0.05, 0.1) is 10.5 Å². The number of fused-ring (bicyclic) bond motifs is 1. The molecule has 38 heavy (non-hydrogen) atoms. The fourth-order valence-corrected chi connectivity index (χ4v) is 5.24. The summed E-state index contributed by atoms with van der Waals surface area (Å²) in [5, 5.41) is 36.4. The number of hydrogen-bond acceptors (Lipinski definition) is 8. The van der Waals surface area contributed by atoms with Crippen LogP contribution in [0.2, 0.25) is 0 Å². The molecule has 11 heteroatoms. The van der Waals surface area contributed by atoms with Gasteiger partial charge in [-0.15, -0.1) is 11.3 Å². The van der Waals surface area contributed by atoms with Crippen molar-refractivity contribution in [3.05, 3.63) is 85.8 Å². The number of aryl methyl sites for hydroxylation is 1. The normalized spacial score (nSPS) is 12.4. The molecule has 10 nitrogen and oxygen atoms in total. The second-order valence-corrected chi connectivity index (χ2v) is 9.44. The van der Waals surface area contributed by atoms with Crippen molar-refractivity contribution in [1.29, 1.82) is 10.5 Å². The Morgan fingerprint density at radius 1 is 1.11 bits per heavy atom. The molecule has 0 spiro atoms. The highest BCUT2D eigenvalue weighted by Gasteiger charge is 2.23. The molecule has 1 aliphatic rings. The first-order chi connectivity index (χ1) is 18.4. The van der Waals surface area contributed by atoms with Crippen LogP contribution >= 0.6 is 11.3 Å². The summed E-state index contributed by atoms with van der Waals surface area (Å²) in [6.45, 7) is -0.409. The zero-order chi connectivity index (χ0) is 27.1. The molecule has 4 rings (SSSR count). The van der Waals surface area contributed by atoms with Gasteiger partial charge in [0.25, 0.3) is 17.5 Å². The zero-order valence-electron chi connectivity index (χ0n) is 20.0. The lowest BCUT2D eigenvalue weighted by atomic mass is 9.96. The van der Waals surface area contributed by atoms with Gasteiger partial charge in [-0.05, 0) is 55.5 Å². The number of carbonyl (C=O) groups is 2. The minimum atomic E-state index is -0.762. The Balaban J connectivity index is 1.57. The van der Waals surface area contributed by atoms with Crippen molar-refractivity contribution in [3.8, 4) is 17.9 Å². The van der Waals surface area contributed by atoms with Gasteiger partial charge in [0.15, 0.2) is 6.61 Å². The van der Waals surface area contributed by atoms with Gasteiger partial charge < -0.3 is 15.4 Å². The average Bonchev–Trinajstić information content (AvgIpc) is 3.27. The minimum absolute atomic E-state index is 0.0728. The standard InChI is InChI=1S/C27H21N5O5S/c28-14-18(26(34)31-27-22(15-29)21-8-4-5-9-24(21)38-27)12-17-13-20(32(35)36)10-11-23(17)37-16-25(33)30-19-6-2-1-3-7-19/h1-3,6-7,10-13H,4-5,8-9,16H2,(H,30,33)(H,31,34). The maximum Gasteiger partial charge on any atom is 0.270 e. The van der Waals surface area contributed by atoms with Crippen LogP contribution in [0.25, 0.3) is 6.08 Å². The van der Waals surface area contributed by atoms with E-state index in [4.69, 9.17) is 4.74 Å². The molecule has 0 unspecified atom stereocenters. The fraction of sp³-hybridized carbons (Fsp3) is 0.185. The molecule has 0 aliphatic heterocycles. The van der Waals surface area contributed by atoms with E-state index >= 15 is 0 Å². The van der Waals surface area contributed by atoms with Gasteiger partial charge >= 0.3 is 0 Å². The summed E-state index contributed by atoms with van der Waals surface area (Å²) in [6, 6.07) is 16.3. The number of carbonyl (C=O) groups excluding carboxylic acids is 2. The van der Waals surface area contributed by atoms with Crippen molar-refractivity contribution in [3.63, 3.8) is 0 Å². The number of non-ortho nitro benzene ring substituents is 1. The number of rotatable bonds is 8. The third kappa shape index (κ3) is 6.03. The number of nitrogens with zero attached hydrogens (tertiary/aromatic N) is 3. The van der Waals surface area contributed by atoms with Gasteiger partial charge in [0.2, 0.25) is 0 Å². The molecule has 0 saturated heterocycles. The van der Waals surface area contributed by atoms with Gasteiger partial charge in [-0.25, -0.2) is 0 Å². The van der Waals surface area contributed by atoms with Gasteiger partial charge in [0, 0.05) is 28.3 Å². The lowest BCUT2D eigenvalue weighted by molar-refractivity contribution is -0.384. The summed E-state index contributed by atoms with van der Waals surface area (Å²) in [5.41, 5.74) is 1.35.